The SMILES string of the molecule is Cc1c(C2CN(C(=O)c3cc(-c4ncc(F)cc4F)on3)C(C)c3ccccc32)cnn1C. The normalized spacial score (nSPS) is 17.8. The number of amides is 1. The number of aryl methyl sites for hydroxylation is 1. The molecule has 0 fully saturated rings. The van der Waals surface area contributed by atoms with E-state index in [9.17, 15) is 13.6 Å². The Hall–Kier alpha value is -3.88. The first-order valence-electron chi connectivity index (χ1n) is 10.5. The Labute approximate surface area is 188 Å². The molecule has 2 atom stereocenters. The van der Waals surface area contributed by atoms with Crippen molar-refractivity contribution < 1.29 is 18.1 Å². The van der Waals surface area contributed by atoms with Gasteiger partial charge in [-0.05, 0) is 25.0 Å². The third kappa shape index (κ3) is 3.49. The molecule has 4 aromatic rings. The molecule has 1 aliphatic heterocycles. The van der Waals surface area contributed by atoms with E-state index >= 15 is 0 Å². The number of fused-ring (bicyclic) bond motifs is 1. The second-order valence-corrected chi connectivity index (χ2v) is 8.18. The molecule has 4 heterocycles. The summed E-state index contributed by atoms with van der Waals surface area (Å²) in [6, 6.07) is 9.89. The molecule has 5 rings (SSSR count). The van der Waals surface area contributed by atoms with E-state index in [0.717, 1.165) is 28.6 Å². The van der Waals surface area contributed by atoms with Crippen molar-refractivity contribution >= 4 is 5.91 Å². The summed E-state index contributed by atoms with van der Waals surface area (Å²) in [7, 11) is 1.89. The van der Waals surface area contributed by atoms with Gasteiger partial charge in [0.05, 0.1) is 18.4 Å². The fourth-order valence-electron chi connectivity index (χ4n) is 4.44. The maximum Gasteiger partial charge on any atom is 0.276 e. The van der Waals surface area contributed by atoms with Crippen molar-refractivity contribution in [3.63, 3.8) is 0 Å². The largest absolute Gasteiger partial charge is 0.354 e. The third-order valence-electron chi connectivity index (χ3n) is 6.35. The Morgan fingerprint density at radius 3 is 2.58 bits per heavy atom. The van der Waals surface area contributed by atoms with E-state index in [4.69, 9.17) is 4.52 Å². The van der Waals surface area contributed by atoms with Crippen LogP contribution in [-0.4, -0.2) is 37.3 Å². The first-order chi connectivity index (χ1) is 15.8. The lowest BCUT2D eigenvalue weighted by Gasteiger charge is -2.39. The van der Waals surface area contributed by atoms with E-state index < -0.39 is 11.6 Å². The van der Waals surface area contributed by atoms with Crippen molar-refractivity contribution in [1.82, 2.24) is 24.8 Å². The van der Waals surface area contributed by atoms with Crippen molar-refractivity contribution in [3.8, 4) is 11.5 Å². The van der Waals surface area contributed by atoms with Crippen LogP contribution in [0.4, 0.5) is 8.78 Å². The number of nitrogens with zero attached hydrogens (tertiary/aromatic N) is 5. The highest BCUT2D eigenvalue weighted by atomic mass is 19.1. The van der Waals surface area contributed by atoms with Gasteiger partial charge in [0.15, 0.2) is 17.3 Å². The summed E-state index contributed by atoms with van der Waals surface area (Å²) in [4.78, 5) is 18.9. The fraction of sp³-hybridized carbons (Fsp3) is 0.250. The molecule has 0 saturated heterocycles. The van der Waals surface area contributed by atoms with Gasteiger partial charge < -0.3 is 9.42 Å². The van der Waals surface area contributed by atoms with Crippen LogP contribution in [0.25, 0.3) is 11.5 Å². The highest BCUT2D eigenvalue weighted by Crippen LogP contribution is 2.40. The minimum atomic E-state index is -0.891. The second kappa shape index (κ2) is 7.91. The Kier molecular flexibility index (Phi) is 5.03. The molecule has 0 radical (unpaired) electrons. The highest BCUT2D eigenvalue weighted by Gasteiger charge is 2.36. The van der Waals surface area contributed by atoms with Crippen LogP contribution in [0.15, 0.2) is 53.3 Å². The minimum Gasteiger partial charge on any atom is -0.354 e. The lowest BCUT2D eigenvalue weighted by Crippen LogP contribution is -2.41. The Morgan fingerprint density at radius 1 is 1.12 bits per heavy atom. The van der Waals surface area contributed by atoms with Gasteiger partial charge in [-0.1, -0.05) is 29.4 Å². The zero-order valence-electron chi connectivity index (χ0n) is 18.3. The van der Waals surface area contributed by atoms with E-state index in [-0.39, 0.29) is 35.0 Å². The average molecular weight is 449 g/mol. The third-order valence-corrected chi connectivity index (χ3v) is 6.35. The van der Waals surface area contributed by atoms with Crippen LogP contribution < -0.4 is 0 Å². The zero-order chi connectivity index (χ0) is 23.3. The van der Waals surface area contributed by atoms with Crippen LogP contribution in [0.5, 0.6) is 0 Å². The first-order valence-corrected chi connectivity index (χ1v) is 10.5. The van der Waals surface area contributed by atoms with Crippen molar-refractivity contribution in [2.24, 2.45) is 7.05 Å². The minimum absolute atomic E-state index is 0.0309. The number of pyridine rings is 1. The van der Waals surface area contributed by atoms with Crippen molar-refractivity contribution in [1.29, 1.82) is 0 Å². The first kappa shape index (κ1) is 21.0. The van der Waals surface area contributed by atoms with Crippen LogP contribution in [0.3, 0.4) is 0 Å². The standard InChI is InChI=1S/C24H21F2N5O2/c1-13-18(11-28-30(13)3)19-12-31(14(2)16-6-4-5-7-17(16)19)24(32)21-9-22(33-29-21)23-20(26)8-15(25)10-27-23/h4-11,14,19H,12H2,1-3H3. The lowest BCUT2D eigenvalue weighted by molar-refractivity contribution is 0.0654. The topological polar surface area (TPSA) is 77.1 Å². The molecule has 0 bridgehead atoms. The molecule has 2 unspecified atom stereocenters. The van der Waals surface area contributed by atoms with Crippen LogP contribution in [0.2, 0.25) is 0 Å². The van der Waals surface area contributed by atoms with Gasteiger partial charge in [-0.2, -0.15) is 5.10 Å². The maximum atomic E-state index is 14.1. The number of rotatable bonds is 3. The van der Waals surface area contributed by atoms with E-state index in [1.165, 1.54) is 6.07 Å². The van der Waals surface area contributed by atoms with Gasteiger partial charge >= 0.3 is 0 Å². The van der Waals surface area contributed by atoms with Crippen LogP contribution in [0.1, 0.15) is 51.8 Å². The molecular formula is C24H21F2N5O2. The summed E-state index contributed by atoms with van der Waals surface area (Å²) >= 11 is 0. The van der Waals surface area contributed by atoms with E-state index in [1.807, 2.05) is 50.0 Å². The van der Waals surface area contributed by atoms with Crippen molar-refractivity contribution in [2.45, 2.75) is 25.8 Å². The summed E-state index contributed by atoms with van der Waals surface area (Å²) in [6.45, 7) is 4.39. The Morgan fingerprint density at radius 2 is 1.88 bits per heavy atom. The van der Waals surface area contributed by atoms with Crippen LogP contribution in [0, 0.1) is 18.6 Å². The van der Waals surface area contributed by atoms with Gasteiger partial charge in [-0.15, -0.1) is 0 Å². The zero-order valence-corrected chi connectivity index (χ0v) is 18.3. The molecule has 0 spiro atoms. The molecule has 168 valence electrons. The Balaban J connectivity index is 1.51. The van der Waals surface area contributed by atoms with E-state index in [1.54, 1.807) is 4.90 Å². The van der Waals surface area contributed by atoms with Gasteiger partial charge in [0.25, 0.3) is 5.91 Å². The number of carbonyl (C=O) groups excluding carboxylic acids is 1. The number of hydrogen-bond donors (Lipinski definition) is 0. The predicted octanol–water partition coefficient (Wildman–Crippen LogP) is 4.41. The van der Waals surface area contributed by atoms with Crippen LogP contribution in [-0.2, 0) is 7.05 Å². The monoisotopic (exact) mass is 449 g/mol. The summed E-state index contributed by atoms with van der Waals surface area (Å²) in [5, 5.41) is 8.24. The molecule has 1 aliphatic rings. The lowest BCUT2D eigenvalue weighted by atomic mass is 9.81. The number of aromatic nitrogens is 4. The number of hydrogen-bond acceptors (Lipinski definition) is 5. The molecule has 1 aromatic carbocycles. The van der Waals surface area contributed by atoms with Gasteiger partial charge in [-0.3, -0.25) is 9.48 Å². The second-order valence-electron chi connectivity index (χ2n) is 8.18. The van der Waals surface area contributed by atoms with Crippen LogP contribution >= 0.6 is 0 Å². The summed E-state index contributed by atoms with van der Waals surface area (Å²) in [5.41, 5.74) is 4.10. The molecule has 1 amide bonds. The molecule has 0 aliphatic carbocycles. The molecule has 33 heavy (non-hydrogen) atoms. The van der Waals surface area contributed by atoms with Crippen molar-refractivity contribution in [2.75, 3.05) is 6.54 Å². The Bertz CT molecular complexity index is 1360. The van der Waals surface area contributed by atoms with Gasteiger partial charge in [0, 0.05) is 42.9 Å². The van der Waals surface area contributed by atoms with Gasteiger partial charge in [0.1, 0.15) is 11.5 Å². The number of halogens is 2. The molecule has 0 N–H and O–H groups in total. The summed E-state index contributed by atoms with van der Waals surface area (Å²) < 4.78 is 34.3. The predicted molar refractivity (Wildman–Crippen MR) is 115 cm³/mol. The number of benzene rings is 1. The molecule has 7 nitrogen and oxygen atoms in total. The fourth-order valence-corrected chi connectivity index (χ4v) is 4.44. The van der Waals surface area contributed by atoms with E-state index in [0.29, 0.717) is 12.6 Å². The van der Waals surface area contributed by atoms with Gasteiger partial charge in [0.2, 0.25) is 0 Å². The molecule has 9 heteroatoms. The van der Waals surface area contributed by atoms with E-state index in [2.05, 4.69) is 21.3 Å². The average Bonchev–Trinajstić information content (AvgIpc) is 3.41. The van der Waals surface area contributed by atoms with Crippen molar-refractivity contribution in [3.05, 3.63) is 88.5 Å². The molecule has 0 saturated carbocycles. The summed E-state index contributed by atoms with van der Waals surface area (Å²) in [5.74, 6) is -2.14. The molecular weight excluding hydrogens is 428 g/mol. The maximum absolute atomic E-state index is 14.1. The quantitative estimate of drug-likeness (QED) is 0.463. The highest BCUT2D eigenvalue weighted by molar-refractivity contribution is 5.93. The van der Waals surface area contributed by atoms with Gasteiger partial charge in [-0.25, -0.2) is 13.8 Å². The molecule has 3 aromatic heterocycles. The smallest absolute Gasteiger partial charge is 0.276 e. The number of carbonyl (C=O) groups is 1. The summed E-state index contributed by atoms with van der Waals surface area (Å²) in [6.07, 6.45) is 2.72.